The normalized spacial score (nSPS) is 14.0. The highest BCUT2D eigenvalue weighted by molar-refractivity contribution is 7.47. The smallest absolute Gasteiger partial charge is 0.462 e. The first kappa shape index (κ1) is 95.1. The molecule has 19 heteroatoms. The SMILES string of the molecule is CCCCCCCCCCCCCCCCCCC(=O)O[C@H](COC(=O)CCCCCCCCCCC)COP(=O)(O)OC[C@H](O)COP(=O)(O)OC[C@@H](COC(=O)CCCCCCCCCCCCCCCC(C)C)OC(=O)CCCCCCCCCCCCCCCC(C)C. The van der Waals surface area contributed by atoms with Crippen LogP contribution in [0.15, 0.2) is 0 Å². The molecule has 0 bridgehead atoms. The number of carbonyl (C=O) groups excluding carboxylic acids is 4. The molecule has 0 aliphatic heterocycles. The van der Waals surface area contributed by atoms with E-state index in [-0.39, 0.29) is 25.7 Å². The Labute approximate surface area is 594 Å². The molecule has 0 spiro atoms. The quantitative estimate of drug-likeness (QED) is 0.0222. The molecule has 0 fully saturated rings. The topological polar surface area (TPSA) is 237 Å². The maximum atomic E-state index is 13.1. The fraction of sp³-hybridized carbons (Fsp3) is 0.949. The highest BCUT2D eigenvalue weighted by Crippen LogP contribution is 2.45. The van der Waals surface area contributed by atoms with Crippen molar-refractivity contribution < 1.29 is 80.2 Å². The second kappa shape index (κ2) is 69.8. The Balaban J connectivity index is 5.23. The molecule has 0 amide bonds. The Morgan fingerprint density at radius 1 is 0.278 bits per heavy atom. The van der Waals surface area contributed by atoms with E-state index in [0.717, 1.165) is 102 Å². The van der Waals surface area contributed by atoms with Crippen LogP contribution in [0.4, 0.5) is 0 Å². The molecule has 576 valence electrons. The number of aliphatic hydroxyl groups excluding tert-OH is 1. The minimum Gasteiger partial charge on any atom is -0.462 e. The van der Waals surface area contributed by atoms with E-state index < -0.39 is 97.5 Å². The van der Waals surface area contributed by atoms with Crippen LogP contribution in [0.1, 0.15) is 408 Å². The van der Waals surface area contributed by atoms with Gasteiger partial charge in [-0.15, -0.1) is 0 Å². The number of hydrogen-bond donors (Lipinski definition) is 3. The summed E-state index contributed by atoms with van der Waals surface area (Å²) in [6, 6.07) is 0. The van der Waals surface area contributed by atoms with Crippen LogP contribution in [0, 0.1) is 11.8 Å². The average Bonchev–Trinajstić information content (AvgIpc) is 1.18. The van der Waals surface area contributed by atoms with E-state index in [9.17, 15) is 43.2 Å². The number of carbonyl (C=O) groups is 4. The number of esters is 4. The van der Waals surface area contributed by atoms with Crippen molar-refractivity contribution in [1.82, 2.24) is 0 Å². The van der Waals surface area contributed by atoms with Crippen molar-refractivity contribution >= 4 is 39.5 Å². The van der Waals surface area contributed by atoms with Gasteiger partial charge in [0.05, 0.1) is 26.4 Å². The summed E-state index contributed by atoms with van der Waals surface area (Å²) in [5, 5.41) is 10.6. The lowest BCUT2D eigenvalue weighted by molar-refractivity contribution is -0.161. The molecular weight excluding hydrogens is 1270 g/mol. The van der Waals surface area contributed by atoms with Crippen LogP contribution in [0.3, 0.4) is 0 Å². The van der Waals surface area contributed by atoms with Gasteiger partial charge in [-0.1, -0.05) is 356 Å². The summed E-state index contributed by atoms with van der Waals surface area (Å²) in [7, 11) is -9.91. The van der Waals surface area contributed by atoms with E-state index in [1.54, 1.807) is 0 Å². The molecule has 3 N–H and O–H groups in total. The van der Waals surface area contributed by atoms with Crippen LogP contribution in [0.5, 0.6) is 0 Å². The van der Waals surface area contributed by atoms with Crippen molar-refractivity contribution in [2.45, 2.75) is 426 Å². The van der Waals surface area contributed by atoms with Gasteiger partial charge in [0.15, 0.2) is 12.2 Å². The first-order valence-corrected chi connectivity index (χ1v) is 43.5. The summed E-state index contributed by atoms with van der Waals surface area (Å²) >= 11 is 0. The van der Waals surface area contributed by atoms with E-state index >= 15 is 0 Å². The zero-order valence-electron chi connectivity index (χ0n) is 63.4. The summed E-state index contributed by atoms with van der Waals surface area (Å²) in [5.41, 5.74) is 0. The third-order valence-corrected chi connectivity index (χ3v) is 20.1. The first-order valence-electron chi connectivity index (χ1n) is 40.5. The third-order valence-electron chi connectivity index (χ3n) is 18.2. The van der Waals surface area contributed by atoms with Gasteiger partial charge in [0.2, 0.25) is 0 Å². The lowest BCUT2D eigenvalue weighted by atomic mass is 10.0. The third kappa shape index (κ3) is 72.2. The van der Waals surface area contributed by atoms with Crippen LogP contribution in [-0.2, 0) is 65.4 Å². The summed E-state index contributed by atoms with van der Waals surface area (Å²) in [5.74, 6) is -0.534. The van der Waals surface area contributed by atoms with Crippen LogP contribution >= 0.6 is 15.6 Å². The molecule has 0 aromatic heterocycles. The average molecular weight is 1420 g/mol. The molecule has 0 saturated carbocycles. The van der Waals surface area contributed by atoms with Gasteiger partial charge in [-0.3, -0.25) is 37.3 Å². The van der Waals surface area contributed by atoms with Crippen molar-refractivity contribution in [1.29, 1.82) is 0 Å². The zero-order chi connectivity index (χ0) is 71.4. The molecular formula is C78H152O17P2. The van der Waals surface area contributed by atoms with Crippen molar-refractivity contribution in [3.63, 3.8) is 0 Å². The van der Waals surface area contributed by atoms with E-state index in [0.29, 0.717) is 25.7 Å². The number of hydrogen-bond acceptors (Lipinski definition) is 15. The number of phosphoric ester groups is 2. The fourth-order valence-corrected chi connectivity index (χ4v) is 13.6. The second-order valence-corrected chi connectivity index (χ2v) is 32.0. The molecule has 0 aliphatic carbocycles. The standard InChI is InChI=1S/C78H152O17P2/c1-7-9-11-13-15-17-18-19-20-21-26-32-38-44-50-56-62-77(82)94-73(66-88-75(80)60-54-48-42-34-16-14-12-10-8-2)68-92-96(84,85)90-64-72(79)65-91-97(86,87)93-69-74(95-78(83)63-57-51-45-39-33-28-23-25-30-36-41-47-53-59-71(5)6)67-89-76(81)61-55-49-43-37-31-27-22-24-29-35-40-46-52-58-70(3)4/h70-74,79H,7-69H2,1-6H3,(H,84,85)(H,86,87)/t72-,73+,74+/m0/s1. The largest absolute Gasteiger partial charge is 0.472 e. The van der Waals surface area contributed by atoms with Crippen molar-refractivity contribution in [2.24, 2.45) is 11.8 Å². The van der Waals surface area contributed by atoms with Crippen LogP contribution < -0.4 is 0 Å². The zero-order valence-corrected chi connectivity index (χ0v) is 65.2. The summed E-state index contributed by atoms with van der Waals surface area (Å²) in [4.78, 5) is 72.9. The second-order valence-electron chi connectivity index (χ2n) is 29.1. The van der Waals surface area contributed by atoms with Crippen LogP contribution in [0.25, 0.3) is 0 Å². The lowest BCUT2D eigenvalue weighted by Crippen LogP contribution is -2.30. The summed E-state index contributed by atoms with van der Waals surface area (Å²) in [6.07, 6.45) is 58.2. The highest BCUT2D eigenvalue weighted by atomic mass is 31.2. The van der Waals surface area contributed by atoms with E-state index in [2.05, 4.69) is 41.5 Å². The molecule has 5 atom stereocenters. The molecule has 0 rings (SSSR count). The predicted molar refractivity (Wildman–Crippen MR) is 395 cm³/mol. The number of phosphoric acid groups is 2. The monoisotopic (exact) mass is 1420 g/mol. The molecule has 97 heavy (non-hydrogen) atoms. The van der Waals surface area contributed by atoms with Gasteiger partial charge in [-0.25, -0.2) is 9.13 Å². The fourth-order valence-electron chi connectivity index (χ4n) is 12.0. The van der Waals surface area contributed by atoms with Crippen molar-refractivity contribution in [3.8, 4) is 0 Å². The molecule has 0 radical (unpaired) electrons. The Bertz CT molecular complexity index is 1870. The van der Waals surface area contributed by atoms with E-state index in [1.807, 2.05) is 0 Å². The Hall–Kier alpha value is -1.94. The Morgan fingerprint density at radius 3 is 0.701 bits per heavy atom. The molecule has 0 aliphatic rings. The van der Waals surface area contributed by atoms with Crippen LogP contribution in [0.2, 0.25) is 0 Å². The minimum absolute atomic E-state index is 0.108. The maximum Gasteiger partial charge on any atom is 0.472 e. The molecule has 0 heterocycles. The highest BCUT2D eigenvalue weighted by Gasteiger charge is 2.30. The lowest BCUT2D eigenvalue weighted by Gasteiger charge is -2.21. The Kier molecular flexibility index (Phi) is 68.4. The molecule has 17 nitrogen and oxygen atoms in total. The molecule has 0 saturated heterocycles. The first-order chi connectivity index (χ1) is 46.9. The predicted octanol–water partition coefficient (Wildman–Crippen LogP) is 23.1. The molecule has 0 aromatic rings. The number of rotatable bonds is 77. The van der Waals surface area contributed by atoms with Gasteiger partial charge in [-0.2, -0.15) is 0 Å². The summed E-state index contributed by atoms with van der Waals surface area (Å²) < 4.78 is 68.6. The van der Waals surface area contributed by atoms with Gasteiger partial charge in [0, 0.05) is 25.7 Å². The van der Waals surface area contributed by atoms with Gasteiger partial charge in [-0.05, 0) is 37.5 Å². The van der Waals surface area contributed by atoms with E-state index in [1.165, 1.54) is 225 Å². The number of unbranched alkanes of at least 4 members (excludes halogenated alkanes) is 47. The van der Waals surface area contributed by atoms with Gasteiger partial charge >= 0.3 is 39.5 Å². The van der Waals surface area contributed by atoms with E-state index in [4.69, 9.17) is 37.0 Å². The van der Waals surface area contributed by atoms with Crippen LogP contribution in [-0.4, -0.2) is 96.7 Å². The van der Waals surface area contributed by atoms with Gasteiger partial charge in [0.25, 0.3) is 0 Å². The molecule has 0 aromatic carbocycles. The Morgan fingerprint density at radius 2 is 0.474 bits per heavy atom. The van der Waals surface area contributed by atoms with Crippen molar-refractivity contribution in [3.05, 3.63) is 0 Å². The summed E-state index contributed by atoms with van der Waals surface area (Å²) in [6.45, 7) is 9.64. The number of aliphatic hydroxyl groups is 1. The molecule has 2 unspecified atom stereocenters. The van der Waals surface area contributed by atoms with Gasteiger partial charge < -0.3 is 33.8 Å². The van der Waals surface area contributed by atoms with Gasteiger partial charge in [0.1, 0.15) is 19.3 Å². The maximum absolute atomic E-state index is 13.1. The van der Waals surface area contributed by atoms with Crippen molar-refractivity contribution in [2.75, 3.05) is 39.6 Å². The number of ether oxygens (including phenoxy) is 4. The minimum atomic E-state index is -4.96.